The minimum absolute atomic E-state index is 0.229. The molecule has 0 saturated heterocycles. The second-order valence-electron chi connectivity index (χ2n) is 1.08. The van der Waals surface area contributed by atoms with Gasteiger partial charge in [-0.1, -0.05) is 18.0 Å². The monoisotopic (exact) mass is 110 g/mol. The molecule has 1 radical (unpaired) electrons. The van der Waals surface area contributed by atoms with Crippen molar-refractivity contribution in [2.75, 3.05) is 6.61 Å². The Balaban J connectivity index is 2.94. The van der Waals surface area contributed by atoms with Gasteiger partial charge in [0.25, 0.3) is 0 Å². The molecule has 0 aliphatic carbocycles. The maximum atomic E-state index is 4.85. The lowest BCUT2D eigenvalue weighted by molar-refractivity contribution is 0.181. The standard InChI is InChI=1S/C6H8NO/c1-3-5-7-8-6-4-2/h2H,3,6H2,1H3. The number of nitrogens with zero attached hydrogens (tertiary/aromatic N) is 1. The van der Waals surface area contributed by atoms with Gasteiger partial charge >= 0.3 is 0 Å². The highest BCUT2D eigenvalue weighted by Gasteiger charge is 1.70. The third kappa shape index (κ3) is 5.03. The van der Waals surface area contributed by atoms with Gasteiger partial charge in [-0.25, -0.2) is 0 Å². The molecule has 0 spiro atoms. The molecule has 0 fully saturated rings. The lowest BCUT2D eigenvalue weighted by Gasteiger charge is -1.85. The molecule has 8 heavy (non-hydrogen) atoms. The van der Waals surface area contributed by atoms with Gasteiger partial charge in [0.05, 0.1) is 0 Å². The van der Waals surface area contributed by atoms with Crippen LogP contribution in [0, 0.1) is 12.3 Å². The zero-order valence-corrected chi connectivity index (χ0v) is 4.85. The van der Waals surface area contributed by atoms with Crippen molar-refractivity contribution in [3.63, 3.8) is 0 Å². The summed E-state index contributed by atoms with van der Waals surface area (Å²) < 4.78 is 0. The van der Waals surface area contributed by atoms with Crippen LogP contribution in [-0.4, -0.2) is 12.8 Å². The van der Waals surface area contributed by atoms with Crippen LogP contribution in [0.1, 0.15) is 13.3 Å². The van der Waals surface area contributed by atoms with E-state index in [9.17, 15) is 0 Å². The molecule has 0 heterocycles. The van der Waals surface area contributed by atoms with Crippen LogP contribution in [0.2, 0.25) is 0 Å². The van der Waals surface area contributed by atoms with Gasteiger partial charge in [-0.3, -0.25) is 0 Å². The molecule has 0 saturated carbocycles. The smallest absolute Gasteiger partial charge is 0.177 e. The molecule has 0 unspecified atom stereocenters. The Hall–Kier alpha value is -0.970. The van der Waals surface area contributed by atoms with Gasteiger partial charge in [0.2, 0.25) is 0 Å². The zero-order valence-electron chi connectivity index (χ0n) is 4.85. The molecule has 2 nitrogen and oxygen atoms in total. The Morgan fingerprint density at radius 2 is 2.50 bits per heavy atom. The molecule has 0 aliphatic heterocycles. The van der Waals surface area contributed by atoms with E-state index in [1.807, 2.05) is 6.92 Å². The average molecular weight is 110 g/mol. The molecule has 0 bridgehead atoms. The van der Waals surface area contributed by atoms with E-state index < -0.39 is 0 Å². The Kier molecular flexibility index (Phi) is 5.30. The van der Waals surface area contributed by atoms with Crippen LogP contribution in [0.25, 0.3) is 0 Å². The van der Waals surface area contributed by atoms with E-state index in [4.69, 9.17) is 6.42 Å². The predicted octanol–water partition coefficient (Wildman–Crippen LogP) is 0.909. The third-order valence-corrected chi connectivity index (χ3v) is 0.435. The van der Waals surface area contributed by atoms with Crippen LogP contribution in [0.4, 0.5) is 0 Å². The summed E-state index contributed by atoms with van der Waals surface area (Å²) in [6.07, 6.45) is 8.19. The molecule has 43 valence electrons. The topological polar surface area (TPSA) is 21.6 Å². The first kappa shape index (κ1) is 7.03. The molecular weight excluding hydrogens is 102 g/mol. The van der Waals surface area contributed by atoms with E-state index >= 15 is 0 Å². The quantitative estimate of drug-likeness (QED) is 0.229. The van der Waals surface area contributed by atoms with Crippen molar-refractivity contribution in [1.29, 1.82) is 0 Å². The molecular formula is C6H8NO. The van der Waals surface area contributed by atoms with E-state index in [2.05, 4.69) is 22.1 Å². The van der Waals surface area contributed by atoms with Gasteiger partial charge in [-0.2, -0.15) is 0 Å². The first-order valence-corrected chi connectivity index (χ1v) is 2.40. The molecule has 0 aliphatic rings. The molecule has 0 amide bonds. The summed E-state index contributed by atoms with van der Waals surface area (Å²) in [7, 11) is 0. The Labute approximate surface area is 49.5 Å². The van der Waals surface area contributed by atoms with E-state index in [1.165, 1.54) is 0 Å². The first-order chi connectivity index (χ1) is 3.91. The Morgan fingerprint density at radius 3 is 3.00 bits per heavy atom. The number of rotatable bonds is 3. The molecule has 0 aromatic rings. The lowest BCUT2D eigenvalue weighted by Crippen LogP contribution is -1.80. The second kappa shape index (κ2) is 6.03. The zero-order chi connectivity index (χ0) is 6.24. The fraction of sp³-hybridized carbons (Fsp3) is 0.500. The molecule has 0 atom stereocenters. The van der Waals surface area contributed by atoms with E-state index in [1.54, 1.807) is 0 Å². The summed E-state index contributed by atoms with van der Waals surface area (Å²) in [5.41, 5.74) is 0. The predicted molar refractivity (Wildman–Crippen MR) is 32.5 cm³/mol. The fourth-order valence-corrected chi connectivity index (χ4v) is 0.180. The summed E-state index contributed by atoms with van der Waals surface area (Å²) in [5, 5.41) is 3.39. The van der Waals surface area contributed by atoms with Crippen LogP contribution < -0.4 is 0 Å². The van der Waals surface area contributed by atoms with Gasteiger partial charge in [-0.05, 0) is 6.42 Å². The van der Waals surface area contributed by atoms with Crippen molar-refractivity contribution in [3.8, 4) is 12.3 Å². The highest BCUT2D eigenvalue weighted by Crippen LogP contribution is 1.72. The largest absolute Gasteiger partial charge is 0.382 e. The Morgan fingerprint density at radius 1 is 1.75 bits per heavy atom. The second-order valence-corrected chi connectivity index (χ2v) is 1.08. The van der Waals surface area contributed by atoms with Crippen molar-refractivity contribution in [2.45, 2.75) is 13.3 Å². The fourth-order valence-electron chi connectivity index (χ4n) is 0.180. The molecule has 0 N–H and O–H groups in total. The molecule has 0 aromatic carbocycles. The molecule has 0 rings (SSSR count). The van der Waals surface area contributed by atoms with Gasteiger partial charge in [0, 0.05) is 0 Å². The van der Waals surface area contributed by atoms with Gasteiger partial charge in [-0.15, -0.1) is 6.42 Å². The van der Waals surface area contributed by atoms with Crippen molar-refractivity contribution in [1.82, 2.24) is 0 Å². The normalized spacial score (nSPS) is 9.00. The lowest BCUT2D eigenvalue weighted by atomic mass is 10.6. The average Bonchev–Trinajstić information content (AvgIpc) is 1.81. The first-order valence-electron chi connectivity index (χ1n) is 2.40. The number of terminal acetylenes is 1. The van der Waals surface area contributed by atoms with Gasteiger partial charge in [0.1, 0.15) is 6.21 Å². The highest BCUT2D eigenvalue weighted by atomic mass is 16.6. The number of hydrogen-bond donors (Lipinski definition) is 0. The minimum Gasteiger partial charge on any atom is -0.382 e. The third-order valence-electron chi connectivity index (χ3n) is 0.435. The van der Waals surface area contributed by atoms with E-state index in [0.29, 0.717) is 0 Å². The van der Waals surface area contributed by atoms with Crippen molar-refractivity contribution >= 4 is 6.21 Å². The van der Waals surface area contributed by atoms with Crippen molar-refractivity contribution in [3.05, 3.63) is 0 Å². The minimum atomic E-state index is 0.229. The van der Waals surface area contributed by atoms with Crippen molar-refractivity contribution < 1.29 is 4.84 Å². The molecule has 0 aromatic heterocycles. The summed E-state index contributed by atoms with van der Waals surface area (Å²) >= 11 is 0. The summed E-state index contributed by atoms with van der Waals surface area (Å²) in [6.45, 7) is 2.15. The van der Waals surface area contributed by atoms with Gasteiger partial charge in [0.15, 0.2) is 6.61 Å². The maximum Gasteiger partial charge on any atom is 0.177 e. The highest BCUT2D eigenvalue weighted by molar-refractivity contribution is 5.55. The SMILES string of the molecule is C#CCO/N=[C]\CC. The molecule has 2 heteroatoms. The van der Waals surface area contributed by atoms with Crippen LogP contribution in [0.3, 0.4) is 0 Å². The Bertz CT molecular complexity index is 102. The van der Waals surface area contributed by atoms with Crippen LogP contribution in [0.15, 0.2) is 5.16 Å². The number of hydrogen-bond acceptors (Lipinski definition) is 2. The van der Waals surface area contributed by atoms with Gasteiger partial charge < -0.3 is 4.84 Å². The van der Waals surface area contributed by atoms with Crippen LogP contribution in [0.5, 0.6) is 0 Å². The maximum absolute atomic E-state index is 4.85. The van der Waals surface area contributed by atoms with E-state index in [0.717, 1.165) is 6.42 Å². The summed E-state index contributed by atoms with van der Waals surface area (Å²) in [6, 6.07) is 0. The van der Waals surface area contributed by atoms with E-state index in [-0.39, 0.29) is 6.61 Å². The summed E-state index contributed by atoms with van der Waals surface area (Å²) in [5.74, 6) is 2.27. The van der Waals surface area contributed by atoms with Crippen molar-refractivity contribution in [2.24, 2.45) is 5.16 Å². The van der Waals surface area contributed by atoms with Crippen LogP contribution in [-0.2, 0) is 4.84 Å². The summed E-state index contributed by atoms with van der Waals surface area (Å²) in [4.78, 5) is 4.50. The van der Waals surface area contributed by atoms with Crippen LogP contribution >= 0.6 is 0 Å².